The highest BCUT2D eigenvalue weighted by molar-refractivity contribution is 7.89. The lowest BCUT2D eigenvalue weighted by Gasteiger charge is -2.27. The van der Waals surface area contributed by atoms with Crippen molar-refractivity contribution in [2.45, 2.75) is 25.7 Å². The highest BCUT2D eigenvalue weighted by Crippen LogP contribution is 2.30. The van der Waals surface area contributed by atoms with Gasteiger partial charge in [-0.3, -0.25) is 9.59 Å². The number of rotatable bonds is 6. The molecule has 1 aliphatic rings. The number of hydrogen-bond acceptors (Lipinski definition) is 4. The zero-order valence-electron chi connectivity index (χ0n) is 10.9. The second kappa shape index (κ2) is 6.85. The van der Waals surface area contributed by atoms with Gasteiger partial charge in [0.25, 0.3) is 0 Å². The molecule has 0 aromatic rings. The average Bonchev–Trinajstić information content (AvgIpc) is 2.38. The van der Waals surface area contributed by atoms with Gasteiger partial charge < -0.3 is 10.4 Å². The van der Waals surface area contributed by atoms with Crippen LogP contribution in [0.2, 0.25) is 0 Å². The normalized spacial score (nSPS) is 23.8. The lowest BCUT2D eigenvalue weighted by atomic mass is 9.79. The van der Waals surface area contributed by atoms with Crippen LogP contribution in [0.1, 0.15) is 25.7 Å². The summed E-state index contributed by atoms with van der Waals surface area (Å²) >= 11 is 0. The quantitative estimate of drug-likeness (QED) is 0.613. The van der Waals surface area contributed by atoms with E-state index in [9.17, 15) is 18.0 Å². The molecule has 1 amide bonds. The third-order valence-electron chi connectivity index (χ3n) is 3.40. The monoisotopic (exact) mass is 292 g/mol. The van der Waals surface area contributed by atoms with E-state index >= 15 is 0 Å². The van der Waals surface area contributed by atoms with E-state index in [1.54, 1.807) is 0 Å². The van der Waals surface area contributed by atoms with Crippen LogP contribution >= 0.6 is 0 Å². The predicted molar refractivity (Wildman–Crippen MR) is 68.9 cm³/mol. The summed E-state index contributed by atoms with van der Waals surface area (Å²) in [5.41, 5.74) is 0. The van der Waals surface area contributed by atoms with E-state index in [0.29, 0.717) is 12.8 Å². The van der Waals surface area contributed by atoms with E-state index in [-0.39, 0.29) is 18.2 Å². The molecule has 0 saturated heterocycles. The third-order valence-corrected chi connectivity index (χ3v) is 4.76. The maximum absolute atomic E-state index is 11.9. The first-order chi connectivity index (χ1) is 8.87. The molecule has 3 N–H and O–H groups in total. The van der Waals surface area contributed by atoms with Crippen molar-refractivity contribution in [1.29, 1.82) is 0 Å². The molecule has 1 saturated carbocycles. The number of aliphatic carboxylic acids is 1. The molecule has 0 spiro atoms. The first-order valence-corrected chi connectivity index (χ1v) is 7.94. The van der Waals surface area contributed by atoms with Crippen LogP contribution < -0.4 is 10.0 Å². The maximum Gasteiger partial charge on any atom is 0.307 e. The Kier molecular flexibility index (Phi) is 5.74. The Morgan fingerprint density at radius 1 is 1.21 bits per heavy atom. The Balaban J connectivity index is 2.50. The Morgan fingerprint density at radius 2 is 1.79 bits per heavy atom. The summed E-state index contributed by atoms with van der Waals surface area (Å²) in [7, 11) is -2.05. The topological polar surface area (TPSA) is 113 Å². The minimum absolute atomic E-state index is 0.00908. The minimum atomic E-state index is -3.36. The van der Waals surface area contributed by atoms with E-state index in [0.717, 1.165) is 12.8 Å². The van der Waals surface area contributed by atoms with Gasteiger partial charge in [-0.1, -0.05) is 12.8 Å². The summed E-state index contributed by atoms with van der Waals surface area (Å²) < 4.78 is 24.5. The van der Waals surface area contributed by atoms with Crippen LogP contribution in [0, 0.1) is 11.8 Å². The van der Waals surface area contributed by atoms with Gasteiger partial charge in [-0.2, -0.15) is 0 Å². The molecule has 0 aromatic carbocycles. The highest BCUT2D eigenvalue weighted by atomic mass is 32.2. The summed E-state index contributed by atoms with van der Waals surface area (Å²) in [6.45, 7) is -0.00908. The maximum atomic E-state index is 11.9. The summed E-state index contributed by atoms with van der Waals surface area (Å²) in [6, 6.07) is 0. The van der Waals surface area contributed by atoms with Crippen molar-refractivity contribution < 1.29 is 23.1 Å². The van der Waals surface area contributed by atoms with Gasteiger partial charge in [-0.05, 0) is 19.9 Å². The van der Waals surface area contributed by atoms with Gasteiger partial charge in [0, 0.05) is 6.54 Å². The Morgan fingerprint density at radius 3 is 2.32 bits per heavy atom. The van der Waals surface area contributed by atoms with E-state index < -0.39 is 27.8 Å². The SMILES string of the molecule is CNS(=O)(=O)CCNC(=O)C1CCCCC1C(=O)O. The number of nitrogens with one attached hydrogen (secondary N) is 2. The smallest absolute Gasteiger partial charge is 0.307 e. The first-order valence-electron chi connectivity index (χ1n) is 6.29. The number of carboxylic acids is 1. The number of carboxylic acid groups (broad SMARTS) is 1. The third kappa shape index (κ3) is 4.79. The van der Waals surface area contributed by atoms with E-state index in [2.05, 4.69) is 10.0 Å². The van der Waals surface area contributed by atoms with Crippen molar-refractivity contribution in [3.63, 3.8) is 0 Å². The minimum Gasteiger partial charge on any atom is -0.481 e. The van der Waals surface area contributed by atoms with Crippen molar-refractivity contribution in [2.75, 3.05) is 19.3 Å². The molecule has 1 aliphatic carbocycles. The number of sulfonamides is 1. The fourth-order valence-electron chi connectivity index (χ4n) is 2.28. The Bertz CT molecular complexity index is 434. The van der Waals surface area contributed by atoms with Crippen molar-refractivity contribution in [3.8, 4) is 0 Å². The number of carbonyl (C=O) groups is 2. The van der Waals surface area contributed by atoms with Crippen LogP contribution in [0.25, 0.3) is 0 Å². The lowest BCUT2D eigenvalue weighted by molar-refractivity contribution is -0.148. The summed E-state index contributed by atoms with van der Waals surface area (Å²) in [5, 5.41) is 11.6. The average molecular weight is 292 g/mol. The second-order valence-electron chi connectivity index (χ2n) is 4.65. The molecule has 7 nitrogen and oxygen atoms in total. The zero-order valence-corrected chi connectivity index (χ0v) is 11.7. The first kappa shape index (κ1) is 15.9. The fourth-order valence-corrected chi connectivity index (χ4v) is 2.86. The van der Waals surface area contributed by atoms with E-state index in [4.69, 9.17) is 5.11 Å². The molecule has 2 unspecified atom stereocenters. The van der Waals surface area contributed by atoms with Crippen LogP contribution in [0.5, 0.6) is 0 Å². The standard InChI is InChI=1S/C11H20N2O5S/c1-12-19(17,18)7-6-13-10(14)8-4-2-3-5-9(8)11(15)16/h8-9,12H,2-7H2,1H3,(H,13,14)(H,15,16). The number of carbonyl (C=O) groups excluding carboxylic acids is 1. The summed E-state index contributed by atoms with van der Waals surface area (Å²) in [4.78, 5) is 23.0. The van der Waals surface area contributed by atoms with Gasteiger partial charge in [0.15, 0.2) is 0 Å². The van der Waals surface area contributed by atoms with Crippen LogP contribution in [-0.4, -0.2) is 44.7 Å². The predicted octanol–water partition coefficient (Wildman–Crippen LogP) is -0.457. The molecular weight excluding hydrogens is 272 g/mol. The molecule has 1 rings (SSSR count). The van der Waals surface area contributed by atoms with Crippen LogP contribution in [0.4, 0.5) is 0 Å². The van der Waals surface area contributed by atoms with Crippen molar-refractivity contribution in [3.05, 3.63) is 0 Å². The molecule has 0 bridgehead atoms. The molecule has 0 aliphatic heterocycles. The Labute approximate surface area is 112 Å². The van der Waals surface area contributed by atoms with Gasteiger partial charge in [-0.15, -0.1) is 0 Å². The second-order valence-corrected chi connectivity index (χ2v) is 6.70. The molecule has 2 atom stereocenters. The number of hydrogen-bond donors (Lipinski definition) is 3. The van der Waals surface area contributed by atoms with Crippen molar-refractivity contribution in [1.82, 2.24) is 10.0 Å². The molecule has 8 heteroatoms. The molecule has 19 heavy (non-hydrogen) atoms. The van der Waals surface area contributed by atoms with Crippen LogP contribution in [0.15, 0.2) is 0 Å². The largest absolute Gasteiger partial charge is 0.481 e. The molecule has 0 radical (unpaired) electrons. The van der Waals surface area contributed by atoms with Gasteiger partial charge >= 0.3 is 5.97 Å². The van der Waals surface area contributed by atoms with Crippen LogP contribution in [-0.2, 0) is 19.6 Å². The molecular formula is C11H20N2O5S. The summed E-state index contributed by atoms with van der Waals surface area (Å²) in [5.74, 6) is -2.74. The highest BCUT2D eigenvalue weighted by Gasteiger charge is 2.35. The van der Waals surface area contributed by atoms with E-state index in [1.165, 1.54) is 7.05 Å². The fraction of sp³-hybridized carbons (Fsp3) is 0.818. The molecule has 1 fully saturated rings. The molecule has 0 aromatic heterocycles. The van der Waals surface area contributed by atoms with Crippen molar-refractivity contribution in [2.24, 2.45) is 11.8 Å². The van der Waals surface area contributed by atoms with Crippen molar-refractivity contribution >= 4 is 21.9 Å². The lowest BCUT2D eigenvalue weighted by Crippen LogP contribution is -2.41. The van der Waals surface area contributed by atoms with Gasteiger partial charge in [0.2, 0.25) is 15.9 Å². The molecule has 110 valence electrons. The van der Waals surface area contributed by atoms with Crippen LogP contribution in [0.3, 0.4) is 0 Å². The van der Waals surface area contributed by atoms with Gasteiger partial charge in [-0.25, -0.2) is 13.1 Å². The Hall–Kier alpha value is -1.15. The van der Waals surface area contributed by atoms with E-state index in [1.807, 2.05) is 0 Å². The van der Waals surface area contributed by atoms with Gasteiger partial charge in [0.1, 0.15) is 0 Å². The number of amides is 1. The zero-order chi connectivity index (χ0) is 14.5. The molecule has 0 heterocycles. The summed E-state index contributed by atoms with van der Waals surface area (Å²) in [6.07, 6.45) is 2.69. The van der Waals surface area contributed by atoms with Gasteiger partial charge in [0.05, 0.1) is 17.6 Å².